The molecule has 0 aromatic rings. The molecule has 0 saturated heterocycles. The van der Waals surface area contributed by atoms with Crippen molar-refractivity contribution in [1.82, 2.24) is 0 Å². The Hall–Kier alpha value is -0.343. The van der Waals surface area contributed by atoms with Gasteiger partial charge >= 0.3 is 0 Å². The summed E-state index contributed by atoms with van der Waals surface area (Å²) < 4.78 is 6.23. The molecular formula is C24H40OSi. The summed E-state index contributed by atoms with van der Waals surface area (Å²) in [6, 6.07) is 0. The molecule has 1 nitrogen and oxygen atoms in total. The van der Waals surface area contributed by atoms with Crippen LogP contribution in [0.2, 0.25) is 19.6 Å². The fraction of sp³-hybridized carbons (Fsp3) is 0.833. The fourth-order valence-corrected chi connectivity index (χ4v) is 8.12. The summed E-state index contributed by atoms with van der Waals surface area (Å²) in [5.74, 6) is 3.73. The van der Waals surface area contributed by atoms with Crippen LogP contribution in [0.4, 0.5) is 0 Å². The van der Waals surface area contributed by atoms with Gasteiger partial charge in [0.05, 0.1) is 0 Å². The first-order valence-electron chi connectivity index (χ1n) is 11.3. The van der Waals surface area contributed by atoms with Gasteiger partial charge in [-0.3, -0.25) is 0 Å². The lowest BCUT2D eigenvalue weighted by molar-refractivity contribution is -0.0383. The molecule has 0 N–H and O–H groups in total. The van der Waals surface area contributed by atoms with Crippen molar-refractivity contribution in [3.8, 4) is 0 Å². The maximum Gasteiger partial charge on any atom is 0.183 e. The van der Waals surface area contributed by atoms with E-state index in [0.29, 0.717) is 10.8 Å². The molecule has 146 valence electrons. The summed E-state index contributed by atoms with van der Waals surface area (Å²) >= 11 is 0. The van der Waals surface area contributed by atoms with E-state index in [1.807, 2.05) is 0 Å². The van der Waals surface area contributed by atoms with E-state index >= 15 is 0 Å². The summed E-state index contributed by atoms with van der Waals surface area (Å²) in [6.45, 7) is 13.2. The Morgan fingerprint density at radius 2 is 1.88 bits per heavy atom. The van der Waals surface area contributed by atoms with Gasteiger partial charge in [0.2, 0.25) is 0 Å². The van der Waals surface area contributed by atoms with Crippen LogP contribution >= 0.6 is 0 Å². The second-order valence-corrected chi connectivity index (χ2v) is 15.7. The van der Waals surface area contributed by atoms with Gasteiger partial charge in [0.1, 0.15) is 0 Å². The Balaban J connectivity index is 1.50. The fourth-order valence-electron chi connectivity index (χ4n) is 7.39. The average molecular weight is 373 g/mol. The van der Waals surface area contributed by atoms with Gasteiger partial charge in [0.15, 0.2) is 8.32 Å². The zero-order valence-electron chi connectivity index (χ0n) is 17.8. The van der Waals surface area contributed by atoms with E-state index < -0.39 is 8.32 Å². The molecule has 4 aliphatic carbocycles. The highest BCUT2D eigenvalue weighted by atomic mass is 28.4. The molecule has 0 unspecified atom stereocenters. The van der Waals surface area contributed by atoms with Gasteiger partial charge in [-0.15, -0.1) is 0 Å². The van der Waals surface area contributed by atoms with Crippen LogP contribution in [0.1, 0.15) is 65.2 Å². The number of fused-ring (bicyclic) bond motifs is 5. The normalized spacial score (nSPS) is 44.9. The maximum absolute atomic E-state index is 6.23. The molecule has 0 aromatic heterocycles. The topological polar surface area (TPSA) is 9.23 Å². The van der Waals surface area contributed by atoms with E-state index in [1.54, 1.807) is 5.57 Å². The lowest BCUT2D eigenvalue weighted by atomic mass is 9.48. The zero-order valence-corrected chi connectivity index (χ0v) is 18.8. The molecule has 2 fully saturated rings. The third-order valence-corrected chi connectivity index (χ3v) is 9.92. The predicted molar refractivity (Wildman–Crippen MR) is 114 cm³/mol. The number of rotatable bonds is 4. The van der Waals surface area contributed by atoms with Crippen molar-refractivity contribution in [1.29, 1.82) is 0 Å². The zero-order chi connectivity index (χ0) is 18.6. The third kappa shape index (κ3) is 3.09. The summed E-state index contributed by atoms with van der Waals surface area (Å²) in [6.07, 6.45) is 18.7. The highest BCUT2D eigenvalue weighted by Crippen LogP contribution is 2.66. The molecule has 4 rings (SSSR count). The van der Waals surface area contributed by atoms with Gasteiger partial charge in [0.25, 0.3) is 0 Å². The van der Waals surface area contributed by atoms with E-state index in [9.17, 15) is 0 Å². The molecular weight excluding hydrogens is 332 g/mol. The second kappa shape index (κ2) is 6.62. The van der Waals surface area contributed by atoms with Gasteiger partial charge in [-0.05, 0) is 111 Å². The molecule has 26 heavy (non-hydrogen) atoms. The van der Waals surface area contributed by atoms with Crippen LogP contribution in [-0.2, 0) is 4.43 Å². The molecule has 6 atom stereocenters. The summed E-state index contributed by atoms with van der Waals surface area (Å²) in [5.41, 5.74) is 2.72. The SMILES string of the molecule is C[C@]12CC[C@H]3[C@@H](CC=C4C=CCC[C@@]43C)[C@@H]1CC[C@@H]2CCO[Si](C)(C)C. The van der Waals surface area contributed by atoms with Gasteiger partial charge in [-0.1, -0.05) is 32.1 Å². The Morgan fingerprint density at radius 3 is 2.65 bits per heavy atom. The van der Waals surface area contributed by atoms with Crippen LogP contribution < -0.4 is 0 Å². The minimum Gasteiger partial charge on any atom is -0.418 e. The Labute approximate surface area is 162 Å². The lowest BCUT2D eigenvalue weighted by Crippen LogP contribution is -2.49. The van der Waals surface area contributed by atoms with Crippen LogP contribution in [0.5, 0.6) is 0 Å². The Kier molecular flexibility index (Phi) is 4.84. The van der Waals surface area contributed by atoms with Crippen LogP contribution in [0.3, 0.4) is 0 Å². The largest absolute Gasteiger partial charge is 0.418 e. The Bertz CT molecular complexity index is 600. The summed E-state index contributed by atoms with van der Waals surface area (Å²) in [4.78, 5) is 0. The average Bonchev–Trinajstić information content (AvgIpc) is 2.90. The summed E-state index contributed by atoms with van der Waals surface area (Å²) in [7, 11) is -1.37. The molecule has 0 aromatic carbocycles. The van der Waals surface area contributed by atoms with Crippen LogP contribution in [-0.4, -0.2) is 14.9 Å². The molecule has 0 amide bonds. The van der Waals surface area contributed by atoms with Crippen molar-refractivity contribution in [3.63, 3.8) is 0 Å². The van der Waals surface area contributed by atoms with Crippen LogP contribution in [0.25, 0.3) is 0 Å². The van der Waals surface area contributed by atoms with Gasteiger partial charge in [-0.2, -0.15) is 0 Å². The van der Waals surface area contributed by atoms with E-state index in [0.717, 1.165) is 30.3 Å². The molecule has 2 saturated carbocycles. The first-order chi connectivity index (χ1) is 12.2. The van der Waals surface area contributed by atoms with E-state index in [4.69, 9.17) is 4.43 Å². The molecule has 0 bridgehead atoms. The third-order valence-electron chi connectivity index (χ3n) is 8.85. The first-order valence-corrected chi connectivity index (χ1v) is 14.7. The van der Waals surface area contributed by atoms with E-state index in [1.165, 1.54) is 51.4 Å². The van der Waals surface area contributed by atoms with Crippen LogP contribution in [0, 0.1) is 34.5 Å². The highest BCUT2D eigenvalue weighted by Gasteiger charge is 2.57. The van der Waals surface area contributed by atoms with Gasteiger partial charge < -0.3 is 4.43 Å². The van der Waals surface area contributed by atoms with Gasteiger partial charge in [-0.25, -0.2) is 0 Å². The van der Waals surface area contributed by atoms with Crippen molar-refractivity contribution < 1.29 is 4.43 Å². The van der Waals surface area contributed by atoms with Gasteiger partial charge in [0, 0.05) is 6.61 Å². The predicted octanol–water partition coefficient (Wildman–Crippen LogP) is 6.97. The Morgan fingerprint density at radius 1 is 1.08 bits per heavy atom. The van der Waals surface area contributed by atoms with Crippen molar-refractivity contribution in [2.45, 2.75) is 84.9 Å². The monoisotopic (exact) mass is 372 g/mol. The molecule has 0 radical (unpaired) electrons. The smallest absolute Gasteiger partial charge is 0.183 e. The molecule has 4 aliphatic rings. The minimum absolute atomic E-state index is 0.470. The van der Waals surface area contributed by atoms with Crippen molar-refractivity contribution in [2.75, 3.05) is 6.61 Å². The standard InChI is InChI=1S/C24H40OSi/c1-23-15-7-6-8-18(23)9-11-20-21-12-10-19(14-17-25-26(3,4)5)24(21,2)16-13-22(20)23/h6,8-9,19-22H,7,10-17H2,1-5H3/t19-,20+,21+,22+,23+,24-/m1/s1. The summed E-state index contributed by atoms with van der Waals surface area (Å²) in [5, 5.41) is 0. The molecule has 0 aliphatic heterocycles. The number of allylic oxidation sites excluding steroid dienone is 4. The van der Waals surface area contributed by atoms with E-state index in [-0.39, 0.29) is 0 Å². The quantitative estimate of drug-likeness (QED) is 0.484. The van der Waals surface area contributed by atoms with Crippen molar-refractivity contribution >= 4 is 8.32 Å². The van der Waals surface area contributed by atoms with Crippen molar-refractivity contribution in [3.05, 3.63) is 23.8 Å². The highest BCUT2D eigenvalue weighted by molar-refractivity contribution is 6.69. The molecule has 0 heterocycles. The maximum atomic E-state index is 6.23. The molecule has 2 heteroatoms. The van der Waals surface area contributed by atoms with E-state index in [2.05, 4.69) is 51.7 Å². The number of hydrogen-bond donors (Lipinski definition) is 0. The first kappa shape index (κ1) is 19.0. The molecule has 0 spiro atoms. The lowest BCUT2D eigenvalue weighted by Gasteiger charge is -2.57. The minimum atomic E-state index is -1.37. The second-order valence-electron chi connectivity index (χ2n) is 11.2. The van der Waals surface area contributed by atoms with Crippen LogP contribution in [0.15, 0.2) is 23.8 Å². The van der Waals surface area contributed by atoms with Crippen molar-refractivity contribution in [2.24, 2.45) is 34.5 Å². The number of hydrogen-bond acceptors (Lipinski definition) is 1.